The van der Waals surface area contributed by atoms with Crippen molar-refractivity contribution in [3.05, 3.63) is 53.1 Å². The van der Waals surface area contributed by atoms with Crippen LogP contribution in [-0.4, -0.2) is 40.4 Å². The van der Waals surface area contributed by atoms with Crippen LogP contribution in [0.1, 0.15) is 103 Å². The molecule has 1 heterocycles. The molecule has 2 N–H and O–H groups in total. The largest absolute Gasteiger partial charge is 0.385 e. The van der Waals surface area contributed by atoms with Crippen LogP contribution in [0.15, 0.2) is 42.0 Å². The first-order valence-corrected chi connectivity index (χ1v) is 15.0. The molecule has 39 heavy (non-hydrogen) atoms. The van der Waals surface area contributed by atoms with Crippen molar-refractivity contribution in [1.29, 1.82) is 0 Å². The fourth-order valence-corrected chi connectivity index (χ4v) is 8.97. The first-order valence-electron chi connectivity index (χ1n) is 15.0. The fraction of sp³-hybridized carbons (Fsp3) is 0.657. The fourth-order valence-electron chi connectivity index (χ4n) is 8.97. The topological polar surface area (TPSA) is 58.9 Å². The van der Waals surface area contributed by atoms with Gasteiger partial charge >= 0.3 is 0 Å². The normalized spacial score (nSPS) is 40.2. The molecule has 6 rings (SSSR count). The average Bonchev–Trinajstić information content (AvgIpc) is 3.15. The number of allylic oxidation sites excluding steroid dienone is 2. The van der Waals surface area contributed by atoms with E-state index in [2.05, 4.69) is 63.5 Å². The molecule has 6 atom stereocenters. The van der Waals surface area contributed by atoms with Crippen molar-refractivity contribution >= 4 is 5.57 Å². The van der Waals surface area contributed by atoms with Crippen molar-refractivity contribution in [3.8, 4) is 11.8 Å². The first kappa shape index (κ1) is 27.3. The molecule has 4 fully saturated rings. The zero-order valence-electron chi connectivity index (χ0n) is 24.5. The van der Waals surface area contributed by atoms with E-state index in [-0.39, 0.29) is 16.7 Å². The highest BCUT2D eigenvalue weighted by Crippen LogP contribution is 2.68. The summed E-state index contributed by atoms with van der Waals surface area (Å²) in [7, 11) is 0. The highest BCUT2D eigenvalue weighted by atomic mass is 16.7. The molecule has 1 saturated heterocycles. The van der Waals surface area contributed by atoms with Crippen molar-refractivity contribution in [2.75, 3.05) is 13.2 Å². The Bertz CT molecular complexity index is 1250. The predicted molar refractivity (Wildman–Crippen MR) is 155 cm³/mol. The summed E-state index contributed by atoms with van der Waals surface area (Å²) in [6.45, 7) is 16.0. The smallest absolute Gasteiger partial charge is 0.171 e. The van der Waals surface area contributed by atoms with E-state index in [0.29, 0.717) is 31.5 Å². The van der Waals surface area contributed by atoms with Crippen LogP contribution >= 0.6 is 0 Å². The third kappa shape index (κ3) is 4.19. The third-order valence-electron chi connectivity index (χ3n) is 11.2. The lowest BCUT2D eigenvalue weighted by Gasteiger charge is -2.58. The molecular weight excluding hydrogens is 484 g/mol. The molecule has 1 aromatic carbocycles. The minimum absolute atomic E-state index is 0.000203. The summed E-state index contributed by atoms with van der Waals surface area (Å²) >= 11 is 0. The molecule has 4 heteroatoms. The van der Waals surface area contributed by atoms with Gasteiger partial charge in [-0.1, -0.05) is 68.7 Å². The Kier molecular flexibility index (Phi) is 6.33. The Hall–Kier alpha value is -1.90. The standard InChI is InChI=1S/C35H46O4/c1-7-15-34(37)17-13-28-26-12-16-33(36)20-35(38-21-31(4,5)22-39-35)18-14-29(33)30(26)27(19-32(28,34)6)25-10-8-24(9-11-25)23(2)3/h8-11,26-28,36-37H,2,12-14,16-22H2,1,3-6H3/t26-,27+,28-,32-,33+,34-/m0/s1. The van der Waals surface area contributed by atoms with Gasteiger partial charge in [0.1, 0.15) is 5.60 Å². The van der Waals surface area contributed by atoms with Gasteiger partial charge in [0.05, 0.1) is 18.8 Å². The maximum atomic E-state index is 12.3. The van der Waals surface area contributed by atoms with E-state index in [4.69, 9.17) is 9.47 Å². The second-order valence-corrected chi connectivity index (χ2v) is 14.4. The van der Waals surface area contributed by atoms with Gasteiger partial charge in [-0.2, -0.15) is 0 Å². The minimum Gasteiger partial charge on any atom is -0.385 e. The molecule has 0 aromatic heterocycles. The monoisotopic (exact) mass is 530 g/mol. The van der Waals surface area contributed by atoms with E-state index in [0.717, 1.165) is 56.1 Å². The average molecular weight is 531 g/mol. The van der Waals surface area contributed by atoms with Crippen LogP contribution in [0, 0.1) is 34.5 Å². The van der Waals surface area contributed by atoms with Crippen molar-refractivity contribution in [3.63, 3.8) is 0 Å². The van der Waals surface area contributed by atoms with Crippen molar-refractivity contribution < 1.29 is 19.7 Å². The van der Waals surface area contributed by atoms with Crippen LogP contribution in [0.25, 0.3) is 5.57 Å². The maximum Gasteiger partial charge on any atom is 0.171 e. The Morgan fingerprint density at radius 2 is 1.69 bits per heavy atom. The number of hydrogen-bond donors (Lipinski definition) is 2. The van der Waals surface area contributed by atoms with Gasteiger partial charge in [0.15, 0.2) is 5.79 Å². The van der Waals surface area contributed by atoms with Crippen molar-refractivity contribution in [2.24, 2.45) is 22.7 Å². The van der Waals surface area contributed by atoms with Gasteiger partial charge in [0.2, 0.25) is 0 Å². The van der Waals surface area contributed by atoms with Crippen LogP contribution in [0.2, 0.25) is 0 Å². The van der Waals surface area contributed by atoms with Crippen LogP contribution in [0.5, 0.6) is 0 Å². The Labute approximate surface area is 234 Å². The van der Waals surface area contributed by atoms with E-state index in [9.17, 15) is 10.2 Å². The highest BCUT2D eigenvalue weighted by molar-refractivity contribution is 5.61. The van der Waals surface area contributed by atoms with Gasteiger partial charge in [-0.25, -0.2) is 0 Å². The van der Waals surface area contributed by atoms with Crippen molar-refractivity contribution in [1.82, 2.24) is 0 Å². The molecule has 4 aliphatic carbocycles. The minimum atomic E-state index is -0.973. The van der Waals surface area contributed by atoms with E-state index in [1.807, 2.05) is 13.8 Å². The first-order chi connectivity index (χ1) is 18.3. The number of hydrogen-bond acceptors (Lipinski definition) is 4. The SMILES string of the molecule is C=C(C)c1ccc([C@H]2C[C@@]3(C)[C@@H](CC[C@@]3(O)C#CC)[C@@H]3CC[C@@]4(O)CC5(CCC4=C32)OCC(C)(C)CO5)cc1. The second-order valence-electron chi connectivity index (χ2n) is 14.4. The second kappa shape index (κ2) is 9.05. The molecule has 0 unspecified atom stereocenters. The van der Waals surface area contributed by atoms with Crippen LogP contribution in [0.3, 0.4) is 0 Å². The maximum absolute atomic E-state index is 12.3. The van der Waals surface area contributed by atoms with Crippen molar-refractivity contribution in [2.45, 2.75) is 109 Å². The van der Waals surface area contributed by atoms with Gasteiger partial charge in [-0.15, -0.1) is 5.92 Å². The molecule has 5 aliphatic rings. The lowest BCUT2D eigenvalue weighted by atomic mass is 9.49. The van der Waals surface area contributed by atoms with Gasteiger partial charge < -0.3 is 19.7 Å². The van der Waals surface area contributed by atoms with E-state index in [1.54, 1.807) is 0 Å². The summed E-state index contributed by atoms with van der Waals surface area (Å²) in [6, 6.07) is 8.84. The number of fused-ring (bicyclic) bond motifs is 4. The third-order valence-corrected chi connectivity index (χ3v) is 11.2. The molecular formula is C35H46O4. The summed E-state index contributed by atoms with van der Waals surface area (Å²) < 4.78 is 12.8. The van der Waals surface area contributed by atoms with Crippen LogP contribution in [-0.2, 0) is 9.47 Å². The molecule has 1 aromatic rings. The van der Waals surface area contributed by atoms with E-state index >= 15 is 0 Å². The molecule has 1 spiro atoms. The summed E-state index contributed by atoms with van der Waals surface area (Å²) in [5.41, 5.74) is 3.96. The number of benzene rings is 1. The highest BCUT2D eigenvalue weighted by Gasteiger charge is 2.64. The zero-order chi connectivity index (χ0) is 27.8. The lowest BCUT2D eigenvalue weighted by Crippen LogP contribution is -2.58. The van der Waals surface area contributed by atoms with E-state index < -0.39 is 17.0 Å². The molecule has 0 amide bonds. The molecule has 4 nitrogen and oxygen atoms in total. The Morgan fingerprint density at radius 3 is 2.33 bits per heavy atom. The van der Waals surface area contributed by atoms with Crippen LogP contribution in [0.4, 0.5) is 0 Å². The van der Waals surface area contributed by atoms with Crippen LogP contribution < -0.4 is 0 Å². The number of rotatable bonds is 2. The molecule has 210 valence electrons. The quantitative estimate of drug-likeness (QED) is 0.327. The van der Waals surface area contributed by atoms with Gasteiger partial charge in [-0.3, -0.25) is 0 Å². The Balaban J connectivity index is 1.44. The summed E-state index contributed by atoms with van der Waals surface area (Å²) in [6.07, 6.45) is 6.28. The van der Waals surface area contributed by atoms with Gasteiger partial charge in [0, 0.05) is 29.6 Å². The number of aliphatic hydroxyl groups is 2. The predicted octanol–water partition coefficient (Wildman–Crippen LogP) is 6.77. The summed E-state index contributed by atoms with van der Waals surface area (Å²) in [5, 5.41) is 24.3. The van der Waals surface area contributed by atoms with Gasteiger partial charge in [-0.05, 0) is 80.9 Å². The summed E-state index contributed by atoms with van der Waals surface area (Å²) in [4.78, 5) is 0. The molecule has 1 aliphatic heterocycles. The molecule has 3 saturated carbocycles. The Morgan fingerprint density at radius 1 is 1.00 bits per heavy atom. The summed E-state index contributed by atoms with van der Waals surface area (Å²) in [5.74, 6) is 6.47. The van der Waals surface area contributed by atoms with Gasteiger partial charge in [0.25, 0.3) is 0 Å². The van der Waals surface area contributed by atoms with E-state index in [1.165, 1.54) is 16.7 Å². The number of ether oxygens (including phenoxy) is 2. The molecule has 0 bridgehead atoms. The lowest BCUT2D eigenvalue weighted by molar-refractivity contribution is -0.322. The molecule has 0 radical (unpaired) electrons. The zero-order valence-corrected chi connectivity index (χ0v) is 24.5.